The Morgan fingerprint density at radius 3 is 2.38 bits per heavy atom. The molecule has 0 aliphatic carbocycles. The fourth-order valence-electron chi connectivity index (χ4n) is 2.87. The minimum Gasteiger partial charge on any atom is -0.271 e. The van der Waals surface area contributed by atoms with Gasteiger partial charge in [-0.15, -0.1) is 0 Å². The standard InChI is InChI=1S/C21H20ClN3O3S/c1-15(16-10-12-18(22)13-11-16)23-24-21(26)14-25(29(2,27)28)20-9-5-7-17-6-3-4-8-19(17)20/h3-13H,14H2,1-2H3,(H,24,26)/b23-15-. The first kappa shape index (κ1) is 20.8. The molecule has 0 saturated heterocycles. The first-order chi connectivity index (χ1) is 13.8. The van der Waals surface area contributed by atoms with E-state index in [0.717, 1.165) is 26.9 Å². The van der Waals surface area contributed by atoms with E-state index < -0.39 is 15.9 Å². The molecule has 3 aromatic carbocycles. The quantitative estimate of drug-likeness (QED) is 0.478. The average molecular weight is 430 g/mol. The van der Waals surface area contributed by atoms with Crippen molar-refractivity contribution < 1.29 is 13.2 Å². The van der Waals surface area contributed by atoms with E-state index in [0.29, 0.717) is 16.4 Å². The third kappa shape index (κ3) is 5.13. The van der Waals surface area contributed by atoms with E-state index in [1.165, 1.54) is 0 Å². The van der Waals surface area contributed by atoms with Crippen LogP contribution in [0.15, 0.2) is 71.8 Å². The summed E-state index contributed by atoms with van der Waals surface area (Å²) in [5.41, 5.74) is 4.24. The molecular formula is C21H20ClN3O3S. The van der Waals surface area contributed by atoms with Crippen LogP contribution in [-0.4, -0.2) is 32.8 Å². The van der Waals surface area contributed by atoms with E-state index in [1.807, 2.05) is 30.3 Å². The number of anilines is 1. The topological polar surface area (TPSA) is 78.8 Å². The zero-order valence-corrected chi connectivity index (χ0v) is 17.5. The maximum absolute atomic E-state index is 12.5. The smallest absolute Gasteiger partial charge is 0.260 e. The summed E-state index contributed by atoms with van der Waals surface area (Å²) in [6.45, 7) is 1.35. The van der Waals surface area contributed by atoms with Gasteiger partial charge in [0, 0.05) is 10.4 Å². The van der Waals surface area contributed by atoms with Gasteiger partial charge in [0.1, 0.15) is 6.54 Å². The number of fused-ring (bicyclic) bond motifs is 1. The highest BCUT2D eigenvalue weighted by atomic mass is 35.5. The number of sulfonamides is 1. The van der Waals surface area contributed by atoms with Gasteiger partial charge >= 0.3 is 0 Å². The molecule has 150 valence electrons. The highest BCUT2D eigenvalue weighted by molar-refractivity contribution is 7.92. The van der Waals surface area contributed by atoms with Gasteiger partial charge in [-0.1, -0.05) is 60.1 Å². The second-order valence-corrected chi connectivity index (χ2v) is 8.85. The summed E-state index contributed by atoms with van der Waals surface area (Å²) >= 11 is 5.87. The van der Waals surface area contributed by atoms with Gasteiger partial charge in [-0.2, -0.15) is 5.10 Å². The number of halogens is 1. The number of nitrogens with one attached hydrogen (secondary N) is 1. The van der Waals surface area contributed by atoms with Crippen LogP contribution in [-0.2, 0) is 14.8 Å². The summed E-state index contributed by atoms with van der Waals surface area (Å²) in [4.78, 5) is 12.5. The summed E-state index contributed by atoms with van der Waals surface area (Å²) in [6.07, 6.45) is 1.07. The van der Waals surface area contributed by atoms with E-state index in [4.69, 9.17) is 11.6 Å². The van der Waals surface area contributed by atoms with Gasteiger partial charge in [0.2, 0.25) is 10.0 Å². The molecule has 1 amide bonds. The number of hydrogen-bond acceptors (Lipinski definition) is 4. The zero-order chi connectivity index (χ0) is 21.0. The molecule has 29 heavy (non-hydrogen) atoms. The summed E-state index contributed by atoms with van der Waals surface area (Å²) in [7, 11) is -3.69. The van der Waals surface area contributed by atoms with Crippen molar-refractivity contribution in [2.75, 3.05) is 17.1 Å². The third-order valence-corrected chi connectivity index (χ3v) is 5.71. The van der Waals surface area contributed by atoms with Gasteiger partial charge in [-0.05, 0) is 36.1 Å². The molecule has 0 aliphatic heterocycles. The van der Waals surface area contributed by atoms with Crippen LogP contribution in [0.2, 0.25) is 5.02 Å². The second kappa shape index (κ2) is 8.63. The molecule has 0 bridgehead atoms. The van der Waals surface area contributed by atoms with Crippen molar-refractivity contribution in [1.82, 2.24) is 5.43 Å². The van der Waals surface area contributed by atoms with Gasteiger partial charge in [0.05, 0.1) is 17.7 Å². The number of carbonyl (C=O) groups excluding carboxylic acids is 1. The molecule has 0 unspecified atom stereocenters. The first-order valence-corrected chi connectivity index (χ1v) is 11.0. The SMILES string of the molecule is C/C(=N/NC(=O)CN(c1cccc2ccccc12)S(C)(=O)=O)c1ccc(Cl)cc1. The van der Waals surface area contributed by atoms with Crippen molar-refractivity contribution in [2.24, 2.45) is 5.10 Å². The van der Waals surface area contributed by atoms with Crippen molar-refractivity contribution in [2.45, 2.75) is 6.92 Å². The average Bonchev–Trinajstić information content (AvgIpc) is 2.69. The number of amides is 1. The molecule has 0 saturated carbocycles. The van der Waals surface area contributed by atoms with Crippen LogP contribution in [0.4, 0.5) is 5.69 Å². The van der Waals surface area contributed by atoms with E-state index in [2.05, 4.69) is 10.5 Å². The summed E-state index contributed by atoms with van der Waals surface area (Å²) < 4.78 is 25.9. The number of benzene rings is 3. The molecule has 0 atom stereocenters. The minimum atomic E-state index is -3.69. The van der Waals surface area contributed by atoms with Crippen molar-refractivity contribution in [3.05, 3.63) is 77.3 Å². The Labute approximate surface area is 174 Å². The fourth-order valence-corrected chi connectivity index (χ4v) is 3.87. The summed E-state index contributed by atoms with van der Waals surface area (Å²) in [6, 6.07) is 19.8. The van der Waals surface area contributed by atoms with E-state index >= 15 is 0 Å². The van der Waals surface area contributed by atoms with Crippen LogP contribution in [0.5, 0.6) is 0 Å². The Bertz CT molecular complexity index is 1170. The molecule has 3 aromatic rings. The van der Waals surface area contributed by atoms with E-state index in [-0.39, 0.29) is 6.54 Å². The van der Waals surface area contributed by atoms with Crippen molar-refractivity contribution in [3.8, 4) is 0 Å². The molecule has 0 fully saturated rings. The molecule has 0 spiro atoms. The van der Waals surface area contributed by atoms with Crippen LogP contribution in [0.1, 0.15) is 12.5 Å². The third-order valence-electron chi connectivity index (χ3n) is 4.33. The van der Waals surface area contributed by atoms with Gasteiger partial charge in [-0.3, -0.25) is 9.10 Å². The number of hydrazone groups is 1. The van der Waals surface area contributed by atoms with Crippen LogP contribution in [0.25, 0.3) is 10.8 Å². The minimum absolute atomic E-state index is 0.385. The maximum atomic E-state index is 12.5. The van der Waals surface area contributed by atoms with Gasteiger partial charge < -0.3 is 0 Å². The molecule has 1 N–H and O–H groups in total. The van der Waals surface area contributed by atoms with Crippen LogP contribution in [0, 0.1) is 0 Å². The molecule has 6 nitrogen and oxygen atoms in total. The molecule has 0 radical (unpaired) electrons. The molecule has 0 heterocycles. The van der Waals surface area contributed by atoms with Gasteiger partial charge in [-0.25, -0.2) is 13.8 Å². The Morgan fingerprint density at radius 1 is 1.03 bits per heavy atom. The predicted molar refractivity (Wildman–Crippen MR) is 118 cm³/mol. The lowest BCUT2D eigenvalue weighted by atomic mass is 10.1. The molecule has 8 heteroatoms. The monoisotopic (exact) mass is 429 g/mol. The second-order valence-electron chi connectivity index (χ2n) is 6.51. The molecule has 3 rings (SSSR count). The lowest BCUT2D eigenvalue weighted by Gasteiger charge is -2.23. The number of carbonyl (C=O) groups is 1. The molecule has 0 aliphatic rings. The summed E-state index contributed by atoms with van der Waals surface area (Å²) in [5.74, 6) is -0.545. The zero-order valence-electron chi connectivity index (χ0n) is 16.0. The normalized spacial score (nSPS) is 12.0. The Hall–Kier alpha value is -2.90. The molecule has 0 aromatic heterocycles. The first-order valence-electron chi connectivity index (χ1n) is 8.80. The Morgan fingerprint density at radius 2 is 1.69 bits per heavy atom. The highest BCUT2D eigenvalue weighted by Crippen LogP contribution is 2.28. The van der Waals surface area contributed by atoms with E-state index in [1.54, 1.807) is 43.3 Å². The lowest BCUT2D eigenvalue weighted by molar-refractivity contribution is -0.119. The number of hydrogen-bond donors (Lipinski definition) is 1. The number of nitrogens with zero attached hydrogens (tertiary/aromatic N) is 2. The van der Waals surface area contributed by atoms with Crippen LogP contribution in [0.3, 0.4) is 0 Å². The predicted octanol–water partition coefficient (Wildman–Crippen LogP) is 3.80. The van der Waals surface area contributed by atoms with Gasteiger partial charge in [0.25, 0.3) is 5.91 Å². The van der Waals surface area contributed by atoms with E-state index in [9.17, 15) is 13.2 Å². The van der Waals surface area contributed by atoms with Crippen LogP contribution >= 0.6 is 11.6 Å². The van der Waals surface area contributed by atoms with Crippen LogP contribution < -0.4 is 9.73 Å². The van der Waals surface area contributed by atoms with Crippen molar-refractivity contribution in [3.63, 3.8) is 0 Å². The lowest BCUT2D eigenvalue weighted by Crippen LogP contribution is -2.39. The Kier molecular flexibility index (Phi) is 6.20. The van der Waals surface area contributed by atoms with Crippen molar-refractivity contribution >= 4 is 49.7 Å². The largest absolute Gasteiger partial charge is 0.271 e. The number of rotatable bonds is 6. The molecular weight excluding hydrogens is 410 g/mol. The fraction of sp³-hybridized carbons (Fsp3) is 0.143. The Balaban J connectivity index is 1.83. The maximum Gasteiger partial charge on any atom is 0.260 e. The van der Waals surface area contributed by atoms with Gasteiger partial charge in [0.15, 0.2) is 0 Å². The highest BCUT2D eigenvalue weighted by Gasteiger charge is 2.22. The summed E-state index contributed by atoms with van der Waals surface area (Å²) in [5, 5.41) is 6.30. The van der Waals surface area contributed by atoms with Crippen molar-refractivity contribution in [1.29, 1.82) is 0 Å².